The third-order valence-electron chi connectivity index (χ3n) is 4.21. The zero-order valence-corrected chi connectivity index (χ0v) is 14.1. The smallest absolute Gasteiger partial charge is 0.344 e. The van der Waals surface area contributed by atoms with E-state index in [1.807, 2.05) is 6.07 Å². The summed E-state index contributed by atoms with van der Waals surface area (Å²) in [7, 11) is 2.98. The molecule has 1 atom stereocenters. The molecule has 26 heavy (non-hydrogen) atoms. The van der Waals surface area contributed by atoms with E-state index in [9.17, 15) is 9.59 Å². The van der Waals surface area contributed by atoms with Gasteiger partial charge in [-0.2, -0.15) is 0 Å². The van der Waals surface area contributed by atoms with E-state index in [-0.39, 0.29) is 0 Å². The quantitative estimate of drug-likeness (QED) is 0.570. The number of carbonyl (C=O) groups excluding carboxylic acids is 1. The summed E-state index contributed by atoms with van der Waals surface area (Å²) in [6.45, 7) is 0. The number of hydrogen-bond acceptors (Lipinski definition) is 7. The molecule has 3 aromatic rings. The summed E-state index contributed by atoms with van der Waals surface area (Å²) >= 11 is 0. The predicted octanol–water partition coefficient (Wildman–Crippen LogP) is 3.09. The van der Waals surface area contributed by atoms with Gasteiger partial charge in [0.15, 0.2) is 11.5 Å². The standard InChI is InChI=1S/C19H15NO6/c1-23-14-7-5-12-16(17(14)24-2)19(22)26-18(12)20-11-4-6-13-10(9-11)3-8-15(21)25-13/h3-9,18,20H,1-2H3/t18-/m0/s1. The second-order valence-electron chi connectivity index (χ2n) is 5.70. The van der Waals surface area contributed by atoms with Crippen LogP contribution in [0.2, 0.25) is 0 Å². The highest BCUT2D eigenvalue weighted by atomic mass is 16.6. The van der Waals surface area contributed by atoms with Crippen molar-refractivity contribution in [2.45, 2.75) is 6.23 Å². The van der Waals surface area contributed by atoms with Crippen molar-refractivity contribution in [3.05, 3.63) is 64.0 Å². The molecule has 0 saturated heterocycles. The Morgan fingerprint density at radius 1 is 1.00 bits per heavy atom. The van der Waals surface area contributed by atoms with Gasteiger partial charge < -0.3 is 23.9 Å². The van der Waals surface area contributed by atoms with Crippen LogP contribution in [0.15, 0.2) is 51.7 Å². The summed E-state index contributed by atoms with van der Waals surface area (Å²) in [6, 6.07) is 11.8. The van der Waals surface area contributed by atoms with Crippen LogP contribution in [0.1, 0.15) is 22.1 Å². The van der Waals surface area contributed by atoms with Gasteiger partial charge in [0.25, 0.3) is 0 Å². The SMILES string of the molecule is COc1ccc2c(c1OC)C(=O)O[C@@H]2Nc1ccc2oc(=O)ccc2c1. The first kappa shape index (κ1) is 16.0. The van der Waals surface area contributed by atoms with Gasteiger partial charge in [0.2, 0.25) is 6.23 Å². The zero-order valence-electron chi connectivity index (χ0n) is 14.1. The minimum atomic E-state index is -0.662. The largest absolute Gasteiger partial charge is 0.493 e. The molecule has 2 heterocycles. The molecule has 0 bridgehead atoms. The van der Waals surface area contributed by atoms with Crippen molar-refractivity contribution in [3.8, 4) is 11.5 Å². The molecular weight excluding hydrogens is 338 g/mol. The lowest BCUT2D eigenvalue weighted by molar-refractivity contribution is 0.0435. The van der Waals surface area contributed by atoms with Crippen LogP contribution in [0.25, 0.3) is 11.0 Å². The van der Waals surface area contributed by atoms with E-state index in [4.69, 9.17) is 18.6 Å². The topological polar surface area (TPSA) is 87.0 Å². The maximum atomic E-state index is 12.3. The lowest BCUT2D eigenvalue weighted by Gasteiger charge is -2.15. The molecule has 1 aliphatic heterocycles. The minimum absolute atomic E-state index is 0.344. The van der Waals surface area contributed by atoms with E-state index >= 15 is 0 Å². The average Bonchev–Trinajstić information content (AvgIpc) is 2.96. The summed E-state index contributed by atoms with van der Waals surface area (Å²) < 4.78 is 21.1. The van der Waals surface area contributed by atoms with Crippen LogP contribution < -0.4 is 20.4 Å². The van der Waals surface area contributed by atoms with Crippen molar-refractivity contribution in [2.75, 3.05) is 19.5 Å². The predicted molar refractivity (Wildman–Crippen MR) is 93.8 cm³/mol. The number of ether oxygens (including phenoxy) is 3. The average molecular weight is 353 g/mol. The number of nitrogens with one attached hydrogen (secondary N) is 1. The van der Waals surface area contributed by atoms with Crippen LogP contribution in [-0.4, -0.2) is 20.2 Å². The highest BCUT2D eigenvalue weighted by molar-refractivity contribution is 5.98. The molecule has 4 rings (SSSR count). The van der Waals surface area contributed by atoms with Crippen molar-refractivity contribution < 1.29 is 23.4 Å². The van der Waals surface area contributed by atoms with Crippen molar-refractivity contribution in [1.82, 2.24) is 0 Å². The van der Waals surface area contributed by atoms with Crippen molar-refractivity contribution in [1.29, 1.82) is 0 Å². The van der Waals surface area contributed by atoms with Crippen molar-refractivity contribution in [3.63, 3.8) is 0 Å². The zero-order chi connectivity index (χ0) is 18.3. The molecule has 1 N–H and O–H groups in total. The summed E-state index contributed by atoms with van der Waals surface area (Å²) in [6.07, 6.45) is -0.662. The Bertz CT molecular complexity index is 1070. The highest BCUT2D eigenvalue weighted by Gasteiger charge is 2.35. The number of anilines is 1. The maximum absolute atomic E-state index is 12.3. The highest BCUT2D eigenvalue weighted by Crippen LogP contribution is 2.42. The Hall–Kier alpha value is -3.48. The summed E-state index contributed by atoms with van der Waals surface area (Å²) in [5.41, 5.74) is 1.80. The van der Waals surface area contributed by atoms with Gasteiger partial charge in [-0.1, -0.05) is 0 Å². The van der Waals surface area contributed by atoms with Gasteiger partial charge in [0.1, 0.15) is 11.1 Å². The van der Waals surface area contributed by atoms with Gasteiger partial charge in [0.05, 0.1) is 14.2 Å². The third-order valence-corrected chi connectivity index (χ3v) is 4.21. The Labute approximate surface area is 148 Å². The van der Waals surface area contributed by atoms with Crippen molar-refractivity contribution in [2.24, 2.45) is 0 Å². The Morgan fingerprint density at radius 2 is 1.85 bits per heavy atom. The summed E-state index contributed by atoms with van der Waals surface area (Å²) in [4.78, 5) is 23.6. The number of fused-ring (bicyclic) bond motifs is 2. The summed E-state index contributed by atoms with van der Waals surface area (Å²) in [5.74, 6) is 0.323. The molecule has 0 amide bonds. The van der Waals surface area contributed by atoms with Crippen LogP contribution in [0.5, 0.6) is 11.5 Å². The summed E-state index contributed by atoms with van der Waals surface area (Å²) in [5, 5.41) is 3.92. The van der Waals surface area contributed by atoms with Gasteiger partial charge >= 0.3 is 11.6 Å². The van der Waals surface area contributed by atoms with E-state index in [0.717, 1.165) is 5.39 Å². The number of benzene rings is 2. The molecule has 7 heteroatoms. The fraction of sp³-hybridized carbons (Fsp3) is 0.158. The molecule has 0 unspecified atom stereocenters. The molecular formula is C19H15NO6. The molecule has 0 aliphatic carbocycles. The second kappa shape index (κ2) is 6.11. The molecule has 2 aromatic carbocycles. The molecule has 132 valence electrons. The molecule has 1 aliphatic rings. The fourth-order valence-electron chi connectivity index (χ4n) is 3.02. The van der Waals surface area contributed by atoms with Gasteiger partial charge in [-0.25, -0.2) is 9.59 Å². The lowest BCUT2D eigenvalue weighted by Crippen LogP contribution is -2.10. The minimum Gasteiger partial charge on any atom is -0.493 e. The maximum Gasteiger partial charge on any atom is 0.344 e. The number of cyclic esters (lactones) is 1. The second-order valence-corrected chi connectivity index (χ2v) is 5.70. The molecule has 0 spiro atoms. The van der Waals surface area contributed by atoms with Gasteiger partial charge in [-0.15, -0.1) is 0 Å². The van der Waals surface area contributed by atoms with Gasteiger partial charge in [-0.05, 0) is 36.4 Å². The monoisotopic (exact) mass is 353 g/mol. The number of rotatable bonds is 4. The lowest BCUT2D eigenvalue weighted by atomic mass is 10.1. The Balaban J connectivity index is 1.70. The van der Waals surface area contributed by atoms with Crippen LogP contribution in [0.4, 0.5) is 5.69 Å². The van der Waals surface area contributed by atoms with Crippen LogP contribution in [0.3, 0.4) is 0 Å². The molecule has 0 radical (unpaired) electrons. The van der Waals surface area contributed by atoms with Crippen LogP contribution >= 0.6 is 0 Å². The molecule has 1 aromatic heterocycles. The Morgan fingerprint density at radius 3 is 2.62 bits per heavy atom. The number of esters is 1. The van der Waals surface area contributed by atoms with E-state index in [2.05, 4.69) is 5.32 Å². The number of methoxy groups -OCH3 is 2. The Kier molecular flexibility index (Phi) is 3.76. The number of hydrogen-bond donors (Lipinski definition) is 1. The van der Waals surface area contributed by atoms with Gasteiger partial charge in [0, 0.05) is 22.7 Å². The molecule has 0 fully saturated rings. The van der Waals surface area contributed by atoms with E-state index in [1.54, 1.807) is 30.3 Å². The van der Waals surface area contributed by atoms with E-state index in [0.29, 0.717) is 33.9 Å². The normalized spacial score (nSPS) is 15.5. The third kappa shape index (κ3) is 2.54. The van der Waals surface area contributed by atoms with Crippen molar-refractivity contribution >= 4 is 22.6 Å². The van der Waals surface area contributed by atoms with Crippen LogP contribution in [0, 0.1) is 0 Å². The van der Waals surface area contributed by atoms with E-state index in [1.165, 1.54) is 20.3 Å². The first-order valence-electron chi connectivity index (χ1n) is 7.87. The fourth-order valence-corrected chi connectivity index (χ4v) is 3.02. The first-order valence-corrected chi connectivity index (χ1v) is 7.87. The van der Waals surface area contributed by atoms with E-state index < -0.39 is 17.8 Å². The first-order chi connectivity index (χ1) is 12.6. The van der Waals surface area contributed by atoms with Crippen LogP contribution in [-0.2, 0) is 4.74 Å². The molecule has 0 saturated carbocycles. The van der Waals surface area contributed by atoms with Gasteiger partial charge in [-0.3, -0.25) is 0 Å². The molecule has 7 nitrogen and oxygen atoms in total. The number of carbonyl (C=O) groups is 1.